The number of hydrogen-bond donors (Lipinski definition) is 0. The maximum Gasteiger partial charge on any atom is 0.311 e. The van der Waals surface area contributed by atoms with Crippen molar-refractivity contribution in [1.82, 2.24) is 4.90 Å². The van der Waals surface area contributed by atoms with Gasteiger partial charge < -0.3 is 4.74 Å². The van der Waals surface area contributed by atoms with E-state index in [0.717, 1.165) is 25.8 Å². The number of fused-ring (bicyclic) bond motifs is 2. The molecular formula is C20H27FINO2. The Morgan fingerprint density at radius 3 is 2.68 bits per heavy atom. The summed E-state index contributed by atoms with van der Waals surface area (Å²) in [6.07, 6.45) is 3.51. The molecule has 4 atom stereocenters. The van der Waals surface area contributed by atoms with Gasteiger partial charge in [-0.15, -0.1) is 0 Å². The number of alkyl halides is 1. The van der Waals surface area contributed by atoms with Crippen LogP contribution in [0, 0.1) is 9.49 Å². The summed E-state index contributed by atoms with van der Waals surface area (Å²) >= 11 is 2.31. The highest BCUT2D eigenvalue weighted by Gasteiger charge is 2.50. The molecule has 3 rings (SSSR count). The number of hydrogen-bond acceptors (Lipinski definition) is 3. The third-order valence-corrected chi connectivity index (χ3v) is 6.26. The number of benzene rings is 1. The first-order chi connectivity index (χ1) is 12.0. The number of esters is 1. The van der Waals surface area contributed by atoms with Gasteiger partial charge in [-0.1, -0.05) is 12.1 Å². The third-order valence-electron chi connectivity index (χ3n) is 5.54. The molecule has 2 heterocycles. The summed E-state index contributed by atoms with van der Waals surface area (Å²) in [7, 11) is 0. The zero-order valence-electron chi connectivity index (χ0n) is 15.0. The summed E-state index contributed by atoms with van der Waals surface area (Å²) in [5.41, 5.74) is 1.23. The Morgan fingerprint density at radius 1 is 1.32 bits per heavy atom. The third kappa shape index (κ3) is 4.18. The molecule has 0 amide bonds. The number of carbonyl (C=O) groups excluding carboxylic acids is 1. The predicted octanol–water partition coefficient (Wildman–Crippen LogP) is 4.54. The van der Waals surface area contributed by atoms with E-state index in [9.17, 15) is 9.18 Å². The molecule has 0 N–H and O–H groups in total. The van der Waals surface area contributed by atoms with Gasteiger partial charge >= 0.3 is 5.97 Å². The van der Waals surface area contributed by atoms with Gasteiger partial charge in [-0.25, -0.2) is 0 Å². The van der Waals surface area contributed by atoms with Gasteiger partial charge in [0.15, 0.2) is 0 Å². The molecule has 1 aromatic carbocycles. The van der Waals surface area contributed by atoms with Crippen LogP contribution in [-0.4, -0.2) is 42.3 Å². The lowest BCUT2D eigenvalue weighted by Crippen LogP contribution is -2.51. The predicted molar refractivity (Wildman–Crippen MR) is 105 cm³/mol. The summed E-state index contributed by atoms with van der Waals surface area (Å²) in [6.45, 7) is 4.26. The van der Waals surface area contributed by atoms with Gasteiger partial charge in [-0.3, -0.25) is 14.1 Å². The molecule has 25 heavy (non-hydrogen) atoms. The van der Waals surface area contributed by atoms with Crippen LogP contribution in [0.15, 0.2) is 24.3 Å². The van der Waals surface area contributed by atoms with Gasteiger partial charge in [-0.05, 0) is 79.8 Å². The van der Waals surface area contributed by atoms with E-state index in [0.29, 0.717) is 12.5 Å². The van der Waals surface area contributed by atoms with E-state index in [1.807, 2.05) is 13.8 Å². The Bertz CT molecular complexity index is 592. The zero-order valence-corrected chi connectivity index (χ0v) is 17.1. The normalized spacial score (nSPS) is 29.2. The molecule has 0 radical (unpaired) electrons. The lowest BCUT2D eigenvalue weighted by Gasteiger charge is -2.44. The van der Waals surface area contributed by atoms with Gasteiger partial charge in [0.1, 0.15) is 0 Å². The van der Waals surface area contributed by atoms with Crippen molar-refractivity contribution in [3.8, 4) is 0 Å². The Labute approximate surface area is 163 Å². The molecule has 138 valence electrons. The van der Waals surface area contributed by atoms with Crippen LogP contribution in [0.4, 0.5) is 4.39 Å². The van der Waals surface area contributed by atoms with Gasteiger partial charge in [-0.2, -0.15) is 0 Å². The largest absolute Gasteiger partial charge is 0.463 e. The van der Waals surface area contributed by atoms with E-state index in [1.54, 1.807) is 0 Å². The summed E-state index contributed by atoms with van der Waals surface area (Å²) in [6, 6.07) is 9.16. The highest BCUT2D eigenvalue weighted by Crippen LogP contribution is 2.47. The maximum atomic E-state index is 12.9. The Kier molecular flexibility index (Phi) is 6.36. The standard InChI is InChI=1S/C20H27FINO2/c1-13(2)25-20(24)19-17(14-4-6-15(22)7-5-14)12-16-8-9-18(19)23(16)11-3-10-21/h4-7,13,16-19H,3,8-12H2,1-2H3/t16-,17?,18+,19+/m1/s1. The number of ether oxygens (including phenoxy) is 1. The van der Waals surface area contributed by atoms with Crippen LogP contribution >= 0.6 is 22.6 Å². The zero-order chi connectivity index (χ0) is 18.0. The monoisotopic (exact) mass is 459 g/mol. The minimum absolute atomic E-state index is 0.0888. The van der Waals surface area contributed by atoms with Gasteiger partial charge in [0.25, 0.3) is 0 Å². The fourth-order valence-electron chi connectivity index (χ4n) is 4.59. The molecule has 2 fully saturated rings. The highest BCUT2D eigenvalue weighted by molar-refractivity contribution is 14.1. The van der Waals surface area contributed by atoms with Crippen molar-refractivity contribution in [3.63, 3.8) is 0 Å². The first-order valence-corrected chi connectivity index (χ1v) is 10.4. The van der Waals surface area contributed by atoms with Gasteiger partial charge in [0.05, 0.1) is 18.7 Å². The number of rotatable bonds is 6. The van der Waals surface area contributed by atoms with Crippen molar-refractivity contribution < 1.29 is 13.9 Å². The Hall–Kier alpha value is -0.690. The SMILES string of the molecule is CC(C)OC(=O)[C@H]1C(c2ccc(I)cc2)C[C@H]2CC[C@@H]1N2CCCF. The van der Waals surface area contributed by atoms with Crippen molar-refractivity contribution in [2.45, 2.75) is 63.6 Å². The van der Waals surface area contributed by atoms with Crippen LogP contribution < -0.4 is 0 Å². The number of nitrogens with zero attached hydrogens (tertiary/aromatic N) is 1. The van der Waals surface area contributed by atoms with Crippen LogP contribution in [0.25, 0.3) is 0 Å². The number of piperidine rings is 1. The molecule has 2 aliphatic heterocycles. The minimum Gasteiger partial charge on any atom is -0.463 e. The average molecular weight is 459 g/mol. The first-order valence-electron chi connectivity index (χ1n) is 9.29. The van der Waals surface area contributed by atoms with Crippen LogP contribution in [-0.2, 0) is 9.53 Å². The van der Waals surface area contributed by atoms with Crippen molar-refractivity contribution >= 4 is 28.6 Å². The molecule has 1 unspecified atom stereocenters. The van der Waals surface area contributed by atoms with E-state index >= 15 is 0 Å². The number of carbonyl (C=O) groups is 1. The molecule has 1 aromatic rings. The van der Waals surface area contributed by atoms with Crippen LogP contribution in [0.1, 0.15) is 51.0 Å². The quantitative estimate of drug-likeness (QED) is 0.462. The van der Waals surface area contributed by atoms with Gasteiger partial charge in [0.2, 0.25) is 0 Å². The van der Waals surface area contributed by atoms with Crippen molar-refractivity contribution in [3.05, 3.63) is 33.4 Å². The molecule has 2 bridgehead atoms. The second kappa shape index (κ2) is 8.33. The van der Waals surface area contributed by atoms with Crippen LogP contribution in [0.5, 0.6) is 0 Å². The summed E-state index contributed by atoms with van der Waals surface area (Å²) < 4.78 is 19.5. The molecular weight excluding hydrogens is 432 g/mol. The van der Waals surface area contributed by atoms with Crippen molar-refractivity contribution in [2.75, 3.05) is 13.2 Å². The summed E-state index contributed by atoms with van der Waals surface area (Å²) in [4.78, 5) is 15.3. The second-order valence-electron chi connectivity index (χ2n) is 7.48. The van der Waals surface area contributed by atoms with Crippen LogP contribution in [0.3, 0.4) is 0 Å². The molecule has 2 aliphatic rings. The molecule has 0 spiro atoms. The summed E-state index contributed by atoms with van der Waals surface area (Å²) in [5, 5.41) is 0. The number of halogens is 2. The molecule has 0 saturated carbocycles. The van der Waals surface area contributed by atoms with E-state index in [-0.39, 0.29) is 36.6 Å². The molecule has 0 aromatic heterocycles. The molecule has 0 aliphatic carbocycles. The van der Waals surface area contributed by atoms with Crippen molar-refractivity contribution in [2.24, 2.45) is 5.92 Å². The van der Waals surface area contributed by atoms with Gasteiger partial charge in [0, 0.05) is 28.1 Å². The summed E-state index contributed by atoms with van der Waals surface area (Å²) in [5.74, 6) is -0.0441. The lowest BCUT2D eigenvalue weighted by molar-refractivity contribution is -0.157. The maximum absolute atomic E-state index is 12.9. The Balaban J connectivity index is 1.89. The minimum atomic E-state index is -0.294. The van der Waals surface area contributed by atoms with Crippen molar-refractivity contribution in [1.29, 1.82) is 0 Å². The van der Waals surface area contributed by atoms with Crippen LogP contribution in [0.2, 0.25) is 0 Å². The molecule has 3 nitrogen and oxygen atoms in total. The first kappa shape index (κ1) is 19.1. The van der Waals surface area contributed by atoms with E-state index < -0.39 is 0 Å². The topological polar surface area (TPSA) is 29.5 Å². The average Bonchev–Trinajstić information content (AvgIpc) is 2.84. The fraction of sp³-hybridized carbons (Fsp3) is 0.650. The smallest absolute Gasteiger partial charge is 0.311 e. The van der Waals surface area contributed by atoms with E-state index in [2.05, 4.69) is 51.8 Å². The lowest BCUT2D eigenvalue weighted by atomic mass is 9.76. The fourth-order valence-corrected chi connectivity index (χ4v) is 4.95. The molecule has 5 heteroatoms. The second-order valence-corrected chi connectivity index (χ2v) is 8.73. The van der Waals surface area contributed by atoms with E-state index in [1.165, 1.54) is 9.13 Å². The molecule has 2 saturated heterocycles. The Morgan fingerprint density at radius 2 is 2.04 bits per heavy atom. The highest BCUT2D eigenvalue weighted by atomic mass is 127. The van der Waals surface area contributed by atoms with E-state index in [4.69, 9.17) is 4.74 Å².